The largest absolute Gasteiger partial charge is 0.444 e. The molecule has 0 saturated carbocycles. The summed E-state index contributed by atoms with van der Waals surface area (Å²) in [7, 11) is 0. The zero-order chi connectivity index (χ0) is 17.6. The third-order valence-corrected chi connectivity index (χ3v) is 3.66. The molecule has 0 fully saturated rings. The number of benzene rings is 1. The van der Waals surface area contributed by atoms with Crippen molar-refractivity contribution in [1.29, 1.82) is 0 Å². The van der Waals surface area contributed by atoms with Crippen LogP contribution >= 0.6 is 0 Å². The monoisotopic (exact) mass is 340 g/mol. The molecule has 2 aromatic heterocycles. The van der Waals surface area contributed by atoms with E-state index >= 15 is 0 Å². The number of nitrogens with zero attached hydrogens (tertiary/aromatic N) is 3. The maximum atomic E-state index is 12.1. The third-order valence-electron chi connectivity index (χ3n) is 3.66. The molecule has 0 spiro atoms. The minimum atomic E-state index is -0.0571. The van der Waals surface area contributed by atoms with Gasteiger partial charge in [0.05, 0.1) is 6.20 Å². The van der Waals surface area contributed by atoms with Gasteiger partial charge < -0.3 is 14.3 Å². The third kappa shape index (κ3) is 4.53. The molecule has 0 saturated heterocycles. The van der Waals surface area contributed by atoms with E-state index in [1.165, 1.54) is 6.39 Å². The normalized spacial score (nSPS) is 11.0. The smallest absolute Gasteiger partial charge is 0.226 e. The molecule has 0 unspecified atom stereocenters. The summed E-state index contributed by atoms with van der Waals surface area (Å²) in [5.74, 6) is 2.11. The lowest BCUT2D eigenvalue weighted by Gasteiger charge is -2.06. The van der Waals surface area contributed by atoms with Gasteiger partial charge in [0, 0.05) is 30.0 Å². The standard InChI is InChI=1S/C18H20N4O3/c1-12(2)18-21-17(25-22-18)8-4-7-16(23)20-14-6-3-5-13(9-14)15-10-19-11-24-15/h3,5-6,9-12H,4,7-8H2,1-2H3,(H,20,23). The van der Waals surface area contributed by atoms with E-state index in [0.717, 1.165) is 11.3 Å². The van der Waals surface area contributed by atoms with Crippen LogP contribution in [0, 0.1) is 0 Å². The number of hydrogen-bond donors (Lipinski definition) is 1. The van der Waals surface area contributed by atoms with Crippen LogP contribution in [-0.2, 0) is 11.2 Å². The quantitative estimate of drug-likeness (QED) is 0.703. The molecule has 3 rings (SSSR count). The van der Waals surface area contributed by atoms with Crippen LogP contribution in [0.2, 0.25) is 0 Å². The van der Waals surface area contributed by atoms with E-state index in [0.29, 0.717) is 36.7 Å². The first-order chi connectivity index (χ1) is 12.1. The number of amides is 1. The van der Waals surface area contributed by atoms with Gasteiger partial charge in [0.25, 0.3) is 0 Å². The van der Waals surface area contributed by atoms with Crippen molar-refractivity contribution in [2.24, 2.45) is 0 Å². The van der Waals surface area contributed by atoms with Gasteiger partial charge >= 0.3 is 0 Å². The Kier molecular flexibility index (Phi) is 5.23. The van der Waals surface area contributed by atoms with Crippen molar-refractivity contribution in [3.8, 4) is 11.3 Å². The Hall–Kier alpha value is -2.96. The van der Waals surface area contributed by atoms with Gasteiger partial charge in [-0.25, -0.2) is 4.98 Å². The minimum absolute atomic E-state index is 0.0571. The minimum Gasteiger partial charge on any atom is -0.444 e. The highest BCUT2D eigenvalue weighted by molar-refractivity contribution is 5.91. The summed E-state index contributed by atoms with van der Waals surface area (Å²) >= 11 is 0. The SMILES string of the molecule is CC(C)c1noc(CCCC(=O)Nc2cccc(-c3cnco3)c2)n1. The molecule has 0 aliphatic heterocycles. The van der Waals surface area contributed by atoms with E-state index < -0.39 is 0 Å². The van der Waals surface area contributed by atoms with Gasteiger partial charge in [-0.05, 0) is 18.6 Å². The highest BCUT2D eigenvalue weighted by Crippen LogP contribution is 2.22. The second-order valence-electron chi connectivity index (χ2n) is 6.05. The Morgan fingerprint density at radius 1 is 1.32 bits per heavy atom. The predicted molar refractivity (Wildman–Crippen MR) is 91.9 cm³/mol. The lowest BCUT2D eigenvalue weighted by molar-refractivity contribution is -0.116. The Morgan fingerprint density at radius 3 is 2.92 bits per heavy atom. The fraction of sp³-hybridized carbons (Fsp3) is 0.333. The average Bonchev–Trinajstić information content (AvgIpc) is 3.27. The lowest BCUT2D eigenvalue weighted by atomic mass is 10.1. The summed E-state index contributed by atoms with van der Waals surface area (Å²) in [6, 6.07) is 7.45. The molecule has 130 valence electrons. The average molecular weight is 340 g/mol. The van der Waals surface area contributed by atoms with Gasteiger partial charge in [0.2, 0.25) is 11.8 Å². The number of oxazole rings is 1. The molecule has 1 amide bonds. The summed E-state index contributed by atoms with van der Waals surface area (Å²) in [6.07, 6.45) is 4.63. The zero-order valence-electron chi connectivity index (χ0n) is 14.2. The van der Waals surface area contributed by atoms with E-state index in [1.807, 2.05) is 38.1 Å². The van der Waals surface area contributed by atoms with Crippen LogP contribution in [0.1, 0.15) is 44.3 Å². The van der Waals surface area contributed by atoms with Crippen LogP contribution < -0.4 is 5.32 Å². The number of hydrogen-bond acceptors (Lipinski definition) is 6. The first kappa shape index (κ1) is 16.9. The molecule has 3 aromatic rings. The first-order valence-corrected chi connectivity index (χ1v) is 8.23. The van der Waals surface area contributed by atoms with E-state index in [1.54, 1.807) is 6.20 Å². The summed E-state index contributed by atoms with van der Waals surface area (Å²) in [5.41, 5.74) is 1.58. The molecule has 0 radical (unpaired) electrons. The first-order valence-electron chi connectivity index (χ1n) is 8.23. The van der Waals surface area contributed by atoms with E-state index in [-0.39, 0.29) is 11.8 Å². The van der Waals surface area contributed by atoms with Crippen molar-refractivity contribution in [2.75, 3.05) is 5.32 Å². The topological polar surface area (TPSA) is 94.1 Å². The van der Waals surface area contributed by atoms with Crippen molar-refractivity contribution >= 4 is 11.6 Å². The molecule has 0 aliphatic rings. The van der Waals surface area contributed by atoms with Gasteiger partial charge in [-0.15, -0.1) is 0 Å². The Morgan fingerprint density at radius 2 is 2.20 bits per heavy atom. The van der Waals surface area contributed by atoms with Gasteiger partial charge in [0.1, 0.15) is 0 Å². The summed E-state index contributed by atoms with van der Waals surface area (Å²) in [4.78, 5) is 20.3. The molecule has 1 N–H and O–H groups in total. The number of aryl methyl sites for hydroxylation is 1. The fourth-order valence-electron chi connectivity index (χ4n) is 2.34. The predicted octanol–water partition coefficient (Wildman–Crippen LogP) is 3.81. The van der Waals surface area contributed by atoms with Gasteiger partial charge in [-0.1, -0.05) is 31.1 Å². The van der Waals surface area contributed by atoms with Crippen molar-refractivity contribution in [3.63, 3.8) is 0 Å². The van der Waals surface area contributed by atoms with Crippen LogP contribution in [-0.4, -0.2) is 21.0 Å². The molecule has 7 nitrogen and oxygen atoms in total. The number of carbonyl (C=O) groups is 1. The molecule has 0 bridgehead atoms. The van der Waals surface area contributed by atoms with Crippen LogP contribution in [0.15, 0.2) is 45.8 Å². The van der Waals surface area contributed by atoms with Gasteiger partial charge in [-0.2, -0.15) is 4.98 Å². The molecular weight excluding hydrogens is 320 g/mol. The Bertz CT molecular complexity index is 824. The Labute approximate surface area is 145 Å². The maximum Gasteiger partial charge on any atom is 0.226 e. The second kappa shape index (κ2) is 7.74. The van der Waals surface area contributed by atoms with Crippen LogP contribution in [0.5, 0.6) is 0 Å². The van der Waals surface area contributed by atoms with Gasteiger partial charge in [-0.3, -0.25) is 4.79 Å². The van der Waals surface area contributed by atoms with Crippen molar-refractivity contribution < 1.29 is 13.7 Å². The molecule has 0 atom stereocenters. The second-order valence-corrected chi connectivity index (χ2v) is 6.05. The zero-order valence-corrected chi connectivity index (χ0v) is 14.2. The van der Waals surface area contributed by atoms with E-state index in [4.69, 9.17) is 8.94 Å². The number of anilines is 1. The van der Waals surface area contributed by atoms with Crippen LogP contribution in [0.25, 0.3) is 11.3 Å². The summed E-state index contributed by atoms with van der Waals surface area (Å²) < 4.78 is 10.4. The number of nitrogens with one attached hydrogen (secondary N) is 1. The lowest BCUT2D eigenvalue weighted by Crippen LogP contribution is -2.11. The molecule has 1 aromatic carbocycles. The number of rotatable bonds is 7. The van der Waals surface area contributed by atoms with Crippen molar-refractivity contribution in [3.05, 3.63) is 48.6 Å². The molecular formula is C18H20N4O3. The Balaban J connectivity index is 1.50. The number of aromatic nitrogens is 3. The highest BCUT2D eigenvalue weighted by atomic mass is 16.5. The summed E-state index contributed by atoms with van der Waals surface area (Å²) in [6.45, 7) is 4.02. The summed E-state index contributed by atoms with van der Waals surface area (Å²) in [5, 5.41) is 6.80. The van der Waals surface area contributed by atoms with Gasteiger partial charge in [0.15, 0.2) is 18.0 Å². The van der Waals surface area contributed by atoms with E-state index in [9.17, 15) is 4.79 Å². The van der Waals surface area contributed by atoms with Crippen molar-refractivity contribution in [1.82, 2.24) is 15.1 Å². The fourth-order valence-corrected chi connectivity index (χ4v) is 2.34. The van der Waals surface area contributed by atoms with E-state index in [2.05, 4.69) is 20.4 Å². The maximum absolute atomic E-state index is 12.1. The molecule has 0 aliphatic carbocycles. The van der Waals surface area contributed by atoms with Crippen LogP contribution in [0.4, 0.5) is 5.69 Å². The molecule has 7 heteroatoms. The van der Waals surface area contributed by atoms with Crippen LogP contribution in [0.3, 0.4) is 0 Å². The highest BCUT2D eigenvalue weighted by Gasteiger charge is 2.11. The van der Waals surface area contributed by atoms with Crippen molar-refractivity contribution in [2.45, 2.75) is 39.0 Å². The molecule has 25 heavy (non-hydrogen) atoms. The molecule has 2 heterocycles. The number of carbonyl (C=O) groups excluding carboxylic acids is 1.